The number of nitrogens with zero attached hydrogens (tertiary/aromatic N) is 2. The fourth-order valence-corrected chi connectivity index (χ4v) is 3.96. The Kier molecular flexibility index (Phi) is 8.27. The molecule has 7 heteroatoms. The summed E-state index contributed by atoms with van der Waals surface area (Å²) in [7, 11) is 0. The second-order valence-corrected chi connectivity index (χ2v) is 8.90. The van der Waals surface area contributed by atoms with Crippen LogP contribution in [0, 0.1) is 13.8 Å². The minimum absolute atomic E-state index is 0.0318. The molecule has 4 rings (SSSR count). The van der Waals surface area contributed by atoms with Gasteiger partial charge in [-0.2, -0.15) is 0 Å². The van der Waals surface area contributed by atoms with Crippen LogP contribution in [0.5, 0.6) is 11.5 Å². The van der Waals surface area contributed by atoms with Gasteiger partial charge in [0.25, 0.3) is 5.91 Å². The SMILES string of the molecule is Cc1ccc(OCCn2c(CCCNC(=O)COc3ccc(Cl)cc3)nc3ccccc32)cc1C. The Morgan fingerprint density at radius 3 is 2.54 bits per heavy atom. The van der Waals surface area contributed by atoms with E-state index in [1.807, 2.05) is 24.3 Å². The van der Waals surface area contributed by atoms with Crippen molar-refractivity contribution in [1.82, 2.24) is 14.9 Å². The number of nitrogens with one attached hydrogen (secondary N) is 1. The molecule has 35 heavy (non-hydrogen) atoms. The average molecular weight is 492 g/mol. The lowest BCUT2D eigenvalue weighted by Crippen LogP contribution is -2.30. The first-order valence-corrected chi connectivity index (χ1v) is 12.2. The summed E-state index contributed by atoms with van der Waals surface area (Å²) >= 11 is 5.86. The van der Waals surface area contributed by atoms with Gasteiger partial charge in [-0.1, -0.05) is 29.8 Å². The molecule has 1 heterocycles. The van der Waals surface area contributed by atoms with Gasteiger partial charge < -0.3 is 19.4 Å². The number of halogens is 1. The quantitative estimate of drug-likeness (QED) is 0.281. The van der Waals surface area contributed by atoms with E-state index in [0.717, 1.165) is 35.4 Å². The number of benzene rings is 3. The number of carbonyl (C=O) groups is 1. The topological polar surface area (TPSA) is 65.4 Å². The fraction of sp³-hybridized carbons (Fsp3) is 0.286. The molecule has 0 radical (unpaired) electrons. The van der Waals surface area contributed by atoms with Gasteiger partial charge in [0, 0.05) is 18.0 Å². The monoisotopic (exact) mass is 491 g/mol. The standard InChI is InChI=1S/C28H30ClN3O3/c1-20-9-12-24(18-21(20)2)34-17-16-32-26-7-4-3-6-25(26)31-27(32)8-5-15-30-28(33)19-35-23-13-10-22(29)11-14-23/h3-4,6-7,9-14,18H,5,8,15-17,19H2,1-2H3,(H,30,33). The van der Waals surface area contributed by atoms with Crippen LogP contribution in [0.25, 0.3) is 11.0 Å². The van der Waals surface area contributed by atoms with Crippen LogP contribution in [-0.2, 0) is 17.8 Å². The number of hydrogen-bond donors (Lipinski definition) is 1. The summed E-state index contributed by atoms with van der Waals surface area (Å²) < 4.78 is 13.7. The molecular formula is C28H30ClN3O3. The largest absolute Gasteiger partial charge is 0.492 e. The third-order valence-electron chi connectivity index (χ3n) is 5.88. The van der Waals surface area contributed by atoms with Gasteiger partial charge in [0.15, 0.2) is 6.61 Å². The van der Waals surface area contributed by atoms with Gasteiger partial charge in [0.05, 0.1) is 17.6 Å². The minimum atomic E-state index is -0.157. The number of amides is 1. The zero-order valence-corrected chi connectivity index (χ0v) is 20.8. The highest BCUT2D eigenvalue weighted by molar-refractivity contribution is 6.30. The molecule has 182 valence electrons. The molecular weight excluding hydrogens is 462 g/mol. The number of para-hydroxylation sites is 2. The highest BCUT2D eigenvalue weighted by Crippen LogP contribution is 2.19. The Bertz CT molecular complexity index is 1280. The molecule has 1 amide bonds. The predicted molar refractivity (Wildman–Crippen MR) is 139 cm³/mol. The van der Waals surface area contributed by atoms with Crippen molar-refractivity contribution in [3.63, 3.8) is 0 Å². The van der Waals surface area contributed by atoms with Crippen LogP contribution >= 0.6 is 11.6 Å². The van der Waals surface area contributed by atoms with Crippen molar-refractivity contribution in [2.24, 2.45) is 0 Å². The molecule has 1 aromatic heterocycles. The maximum Gasteiger partial charge on any atom is 0.257 e. The van der Waals surface area contributed by atoms with E-state index in [9.17, 15) is 4.79 Å². The maximum absolute atomic E-state index is 12.1. The molecule has 0 spiro atoms. The van der Waals surface area contributed by atoms with E-state index in [-0.39, 0.29) is 12.5 Å². The minimum Gasteiger partial charge on any atom is -0.492 e. The van der Waals surface area contributed by atoms with Crippen LogP contribution in [0.1, 0.15) is 23.4 Å². The summed E-state index contributed by atoms with van der Waals surface area (Å²) in [5, 5.41) is 3.54. The van der Waals surface area contributed by atoms with Crippen molar-refractivity contribution in [2.45, 2.75) is 33.2 Å². The van der Waals surface area contributed by atoms with Crippen molar-refractivity contribution in [3.8, 4) is 11.5 Å². The van der Waals surface area contributed by atoms with Crippen LogP contribution < -0.4 is 14.8 Å². The predicted octanol–water partition coefficient (Wildman–Crippen LogP) is 5.51. The molecule has 0 unspecified atom stereocenters. The van der Waals surface area contributed by atoms with Gasteiger partial charge in [0.2, 0.25) is 0 Å². The van der Waals surface area contributed by atoms with Crippen molar-refractivity contribution in [1.29, 1.82) is 0 Å². The fourth-order valence-electron chi connectivity index (χ4n) is 3.83. The number of carbonyl (C=O) groups excluding carboxylic acids is 1. The van der Waals surface area contributed by atoms with Crippen LogP contribution in [0.2, 0.25) is 5.02 Å². The van der Waals surface area contributed by atoms with E-state index in [0.29, 0.717) is 30.5 Å². The summed E-state index contributed by atoms with van der Waals surface area (Å²) in [5.74, 6) is 2.32. The van der Waals surface area contributed by atoms with Gasteiger partial charge in [-0.25, -0.2) is 4.98 Å². The number of imidazole rings is 1. The Balaban J connectivity index is 1.28. The summed E-state index contributed by atoms with van der Waals surface area (Å²) in [6, 6.07) is 21.2. The molecule has 0 saturated heterocycles. The van der Waals surface area contributed by atoms with E-state index < -0.39 is 0 Å². The van der Waals surface area contributed by atoms with E-state index in [1.165, 1.54) is 11.1 Å². The molecule has 0 bridgehead atoms. The van der Waals surface area contributed by atoms with Gasteiger partial charge >= 0.3 is 0 Å². The van der Waals surface area contributed by atoms with E-state index >= 15 is 0 Å². The Labute approximate surface area is 210 Å². The maximum atomic E-state index is 12.1. The molecule has 4 aromatic rings. The zero-order chi connectivity index (χ0) is 24.6. The Hall–Kier alpha value is -3.51. The van der Waals surface area contributed by atoms with E-state index in [2.05, 4.69) is 41.9 Å². The highest BCUT2D eigenvalue weighted by atomic mass is 35.5. The Morgan fingerprint density at radius 1 is 0.971 bits per heavy atom. The van der Waals surface area contributed by atoms with Gasteiger partial charge in [-0.05, 0) is 79.9 Å². The molecule has 1 N–H and O–H groups in total. The molecule has 0 fully saturated rings. The van der Waals surface area contributed by atoms with Crippen LogP contribution in [0.3, 0.4) is 0 Å². The summed E-state index contributed by atoms with van der Waals surface area (Å²) in [6.45, 7) is 5.95. The van der Waals surface area contributed by atoms with E-state index in [4.69, 9.17) is 26.1 Å². The lowest BCUT2D eigenvalue weighted by atomic mass is 10.1. The van der Waals surface area contributed by atoms with Gasteiger partial charge in [0.1, 0.15) is 23.9 Å². The van der Waals surface area contributed by atoms with Crippen molar-refractivity contribution >= 4 is 28.5 Å². The van der Waals surface area contributed by atoms with Crippen LogP contribution in [0.4, 0.5) is 0 Å². The second-order valence-electron chi connectivity index (χ2n) is 8.46. The summed E-state index contributed by atoms with van der Waals surface area (Å²) in [5.41, 5.74) is 4.53. The van der Waals surface area contributed by atoms with Crippen molar-refractivity contribution in [2.75, 3.05) is 19.8 Å². The highest BCUT2D eigenvalue weighted by Gasteiger charge is 2.11. The smallest absolute Gasteiger partial charge is 0.257 e. The summed E-state index contributed by atoms with van der Waals surface area (Å²) in [4.78, 5) is 16.9. The first-order valence-electron chi connectivity index (χ1n) is 11.8. The number of ether oxygens (including phenoxy) is 2. The number of hydrogen-bond acceptors (Lipinski definition) is 4. The Morgan fingerprint density at radius 2 is 1.74 bits per heavy atom. The first kappa shape index (κ1) is 24.6. The van der Waals surface area contributed by atoms with Gasteiger partial charge in [-0.3, -0.25) is 4.79 Å². The van der Waals surface area contributed by atoms with Crippen molar-refractivity contribution < 1.29 is 14.3 Å². The molecule has 0 aliphatic heterocycles. The number of rotatable bonds is 11. The number of aromatic nitrogens is 2. The molecule has 0 aliphatic carbocycles. The summed E-state index contributed by atoms with van der Waals surface area (Å²) in [6.07, 6.45) is 1.52. The molecule has 6 nitrogen and oxygen atoms in total. The first-order chi connectivity index (χ1) is 17.0. The third kappa shape index (κ3) is 6.76. The van der Waals surface area contributed by atoms with Crippen LogP contribution in [0.15, 0.2) is 66.7 Å². The van der Waals surface area contributed by atoms with Crippen molar-refractivity contribution in [3.05, 3.63) is 88.7 Å². The molecule has 0 atom stereocenters. The number of fused-ring (bicyclic) bond motifs is 1. The molecule has 0 aliphatic rings. The van der Waals surface area contributed by atoms with Crippen LogP contribution in [-0.4, -0.2) is 35.2 Å². The zero-order valence-electron chi connectivity index (χ0n) is 20.1. The lowest BCUT2D eigenvalue weighted by molar-refractivity contribution is -0.123. The normalized spacial score (nSPS) is 10.9. The molecule has 0 saturated carbocycles. The number of aryl methyl sites for hydroxylation is 3. The third-order valence-corrected chi connectivity index (χ3v) is 6.13. The second kappa shape index (κ2) is 11.8. The van der Waals surface area contributed by atoms with Gasteiger partial charge in [-0.15, -0.1) is 0 Å². The van der Waals surface area contributed by atoms with E-state index in [1.54, 1.807) is 24.3 Å². The lowest BCUT2D eigenvalue weighted by Gasteiger charge is -2.12. The average Bonchev–Trinajstić information content (AvgIpc) is 3.21. The molecule has 3 aromatic carbocycles.